The molecule has 2 rings (SSSR count). The minimum Gasteiger partial charge on any atom is -0.381 e. The fourth-order valence-electron chi connectivity index (χ4n) is 2.45. The van der Waals surface area contributed by atoms with Gasteiger partial charge in [0.05, 0.1) is 6.61 Å². The molecule has 0 aliphatic carbocycles. The zero-order valence-corrected chi connectivity index (χ0v) is 10.3. The van der Waals surface area contributed by atoms with E-state index in [1.54, 1.807) is 0 Å². The fourth-order valence-corrected chi connectivity index (χ4v) is 2.45. The predicted octanol–water partition coefficient (Wildman–Crippen LogP) is 2.38. The molecule has 1 heterocycles. The summed E-state index contributed by atoms with van der Waals surface area (Å²) in [6, 6.07) is 7.32. The van der Waals surface area contributed by atoms with Gasteiger partial charge in [0.2, 0.25) is 0 Å². The van der Waals surface area contributed by atoms with Crippen LogP contribution >= 0.6 is 0 Å². The second-order valence-corrected chi connectivity index (χ2v) is 4.62. The summed E-state index contributed by atoms with van der Waals surface area (Å²) >= 11 is 0. The molecule has 1 N–H and O–H groups in total. The van der Waals surface area contributed by atoms with Crippen LogP contribution in [0.2, 0.25) is 0 Å². The smallest absolute Gasteiger partial charge is 0.123 e. The van der Waals surface area contributed by atoms with Crippen LogP contribution in [0, 0.1) is 11.7 Å². The summed E-state index contributed by atoms with van der Waals surface area (Å²) in [5.41, 5.74) is 1.19. The highest BCUT2D eigenvalue weighted by atomic mass is 19.1. The van der Waals surface area contributed by atoms with Gasteiger partial charge in [-0.25, -0.2) is 4.39 Å². The first-order chi connectivity index (χ1) is 8.29. The highest BCUT2D eigenvalue weighted by Crippen LogP contribution is 2.20. The Morgan fingerprint density at radius 1 is 1.35 bits per heavy atom. The summed E-state index contributed by atoms with van der Waals surface area (Å²) in [6.07, 6.45) is 2.03. The van der Waals surface area contributed by atoms with Gasteiger partial charge in [0.1, 0.15) is 5.82 Å². The number of halogens is 1. The Hall–Kier alpha value is -0.930. The molecule has 0 aromatic heterocycles. The maximum atomic E-state index is 12.8. The normalized spacial score (nSPS) is 24.8. The molecule has 1 aromatic carbocycles. The van der Waals surface area contributed by atoms with Crippen LogP contribution in [0.25, 0.3) is 0 Å². The highest BCUT2D eigenvalue weighted by Gasteiger charge is 2.24. The molecule has 0 unspecified atom stereocenters. The number of ether oxygens (including phenoxy) is 1. The Morgan fingerprint density at radius 2 is 2.12 bits per heavy atom. The van der Waals surface area contributed by atoms with Crippen molar-refractivity contribution in [2.24, 2.45) is 5.92 Å². The number of hydrogen-bond donors (Lipinski definition) is 1. The largest absolute Gasteiger partial charge is 0.381 e. The molecular weight excluding hydrogens is 217 g/mol. The Morgan fingerprint density at radius 3 is 2.82 bits per heavy atom. The first-order valence-electron chi connectivity index (χ1n) is 6.35. The van der Waals surface area contributed by atoms with Crippen LogP contribution in [0.1, 0.15) is 18.9 Å². The van der Waals surface area contributed by atoms with Crippen molar-refractivity contribution in [3.63, 3.8) is 0 Å². The number of hydrogen-bond acceptors (Lipinski definition) is 2. The SMILES string of the molecule is CCN[C@@H]1CCOC[C@@H]1Cc1ccc(F)cc1. The van der Waals surface area contributed by atoms with Crippen molar-refractivity contribution in [2.75, 3.05) is 19.8 Å². The molecule has 1 aliphatic heterocycles. The Labute approximate surface area is 102 Å². The standard InChI is InChI=1S/C14H20FNO/c1-2-16-14-7-8-17-10-12(14)9-11-3-5-13(15)6-4-11/h3-6,12,14,16H,2,7-10H2,1H3/t12-,14+/m0/s1. The lowest BCUT2D eigenvalue weighted by Gasteiger charge is -2.32. The van der Waals surface area contributed by atoms with E-state index in [4.69, 9.17) is 4.74 Å². The van der Waals surface area contributed by atoms with Gasteiger partial charge in [-0.05, 0) is 37.1 Å². The third kappa shape index (κ3) is 3.51. The third-order valence-corrected chi connectivity index (χ3v) is 3.35. The molecular formula is C14H20FNO. The Balaban J connectivity index is 1.97. The van der Waals surface area contributed by atoms with Crippen molar-refractivity contribution in [1.29, 1.82) is 0 Å². The first kappa shape index (κ1) is 12.5. The van der Waals surface area contributed by atoms with E-state index in [0.29, 0.717) is 12.0 Å². The molecule has 2 nitrogen and oxygen atoms in total. The second-order valence-electron chi connectivity index (χ2n) is 4.62. The Bertz CT molecular complexity index is 337. The second kappa shape index (κ2) is 6.12. The molecule has 0 spiro atoms. The zero-order valence-electron chi connectivity index (χ0n) is 10.3. The van der Waals surface area contributed by atoms with E-state index in [0.717, 1.165) is 32.6 Å². The van der Waals surface area contributed by atoms with Crippen molar-refractivity contribution >= 4 is 0 Å². The molecule has 3 heteroatoms. The van der Waals surface area contributed by atoms with Crippen LogP contribution in [0.4, 0.5) is 4.39 Å². The van der Waals surface area contributed by atoms with Crippen molar-refractivity contribution in [3.05, 3.63) is 35.6 Å². The topological polar surface area (TPSA) is 21.3 Å². The number of nitrogens with one attached hydrogen (secondary N) is 1. The van der Waals surface area contributed by atoms with Gasteiger partial charge in [0, 0.05) is 18.6 Å². The monoisotopic (exact) mass is 237 g/mol. The Kier molecular flexibility index (Phi) is 4.51. The van der Waals surface area contributed by atoms with Gasteiger partial charge in [0.25, 0.3) is 0 Å². The predicted molar refractivity (Wildman–Crippen MR) is 66.5 cm³/mol. The van der Waals surface area contributed by atoms with Gasteiger partial charge in [-0.15, -0.1) is 0 Å². The number of benzene rings is 1. The summed E-state index contributed by atoms with van der Waals surface area (Å²) in [5, 5.41) is 3.51. The van der Waals surface area contributed by atoms with E-state index in [1.807, 2.05) is 12.1 Å². The highest BCUT2D eigenvalue weighted by molar-refractivity contribution is 5.17. The first-order valence-corrected chi connectivity index (χ1v) is 6.35. The van der Waals surface area contributed by atoms with Gasteiger partial charge in [0.15, 0.2) is 0 Å². The average Bonchev–Trinajstić information content (AvgIpc) is 2.35. The summed E-state index contributed by atoms with van der Waals surface area (Å²) in [5.74, 6) is 0.325. The van der Waals surface area contributed by atoms with Gasteiger partial charge < -0.3 is 10.1 Å². The van der Waals surface area contributed by atoms with Crippen LogP contribution in [-0.2, 0) is 11.2 Å². The summed E-state index contributed by atoms with van der Waals surface area (Å²) in [7, 11) is 0. The minimum atomic E-state index is -0.170. The lowest BCUT2D eigenvalue weighted by Crippen LogP contribution is -2.43. The molecule has 1 fully saturated rings. The third-order valence-electron chi connectivity index (χ3n) is 3.35. The average molecular weight is 237 g/mol. The van der Waals surface area contributed by atoms with E-state index in [9.17, 15) is 4.39 Å². The molecule has 0 bridgehead atoms. The molecule has 0 radical (unpaired) electrons. The van der Waals surface area contributed by atoms with Crippen LogP contribution in [0.3, 0.4) is 0 Å². The minimum absolute atomic E-state index is 0.170. The van der Waals surface area contributed by atoms with Gasteiger partial charge in [-0.3, -0.25) is 0 Å². The fraction of sp³-hybridized carbons (Fsp3) is 0.571. The van der Waals surface area contributed by atoms with Crippen LogP contribution in [0.5, 0.6) is 0 Å². The maximum absolute atomic E-state index is 12.8. The molecule has 1 saturated heterocycles. The van der Waals surface area contributed by atoms with Crippen LogP contribution < -0.4 is 5.32 Å². The molecule has 1 aliphatic rings. The number of rotatable bonds is 4. The molecule has 2 atom stereocenters. The van der Waals surface area contributed by atoms with Crippen molar-refractivity contribution in [3.8, 4) is 0 Å². The molecule has 1 aromatic rings. The maximum Gasteiger partial charge on any atom is 0.123 e. The van der Waals surface area contributed by atoms with Crippen molar-refractivity contribution in [1.82, 2.24) is 5.32 Å². The summed E-state index contributed by atoms with van der Waals surface area (Å²) < 4.78 is 18.4. The van der Waals surface area contributed by atoms with Gasteiger partial charge in [-0.1, -0.05) is 19.1 Å². The molecule has 94 valence electrons. The van der Waals surface area contributed by atoms with E-state index < -0.39 is 0 Å². The van der Waals surface area contributed by atoms with Crippen molar-refractivity contribution in [2.45, 2.75) is 25.8 Å². The van der Waals surface area contributed by atoms with Crippen LogP contribution in [0.15, 0.2) is 24.3 Å². The van der Waals surface area contributed by atoms with E-state index in [1.165, 1.54) is 17.7 Å². The molecule has 17 heavy (non-hydrogen) atoms. The van der Waals surface area contributed by atoms with Crippen molar-refractivity contribution < 1.29 is 9.13 Å². The van der Waals surface area contributed by atoms with Crippen LogP contribution in [-0.4, -0.2) is 25.8 Å². The lowest BCUT2D eigenvalue weighted by molar-refractivity contribution is 0.0327. The quantitative estimate of drug-likeness (QED) is 0.868. The van der Waals surface area contributed by atoms with E-state index in [-0.39, 0.29) is 5.82 Å². The van der Waals surface area contributed by atoms with E-state index >= 15 is 0 Å². The summed E-state index contributed by atoms with van der Waals surface area (Å²) in [4.78, 5) is 0. The van der Waals surface area contributed by atoms with Gasteiger partial charge >= 0.3 is 0 Å². The van der Waals surface area contributed by atoms with Gasteiger partial charge in [-0.2, -0.15) is 0 Å². The zero-order chi connectivity index (χ0) is 12.1. The molecule has 0 saturated carbocycles. The summed E-state index contributed by atoms with van der Waals surface area (Å²) in [6.45, 7) is 4.77. The molecule has 0 amide bonds. The van der Waals surface area contributed by atoms with E-state index in [2.05, 4.69) is 12.2 Å². The lowest BCUT2D eigenvalue weighted by atomic mass is 9.89.